The average molecular weight is 399 g/mol. The molecule has 1 unspecified atom stereocenters. The van der Waals surface area contributed by atoms with E-state index in [-0.39, 0.29) is 46.8 Å². The molecule has 10 heteroatoms. The monoisotopic (exact) mass is 399 g/mol. The molecule has 0 aliphatic carbocycles. The molecule has 0 radical (unpaired) electrons. The van der Waals surface area contributed by atoms with Crippen molar-refractivity contribution in [2.45, 2.75) is 12.5 Å². The predicted octanol–water partition coefficient (Wildman–Crippen LogP) is 0.223. The number of carbonyl (C=O) groups excluding carboxylic acids is 1. The maximum absolute atomic E-state index is 12.3. The van der Waals surface area contributed by atoms with Gasteiger partial charge in [-0.25, -0.2) is 0 Å². The first-order chi connectivity index (χ1) is 13.9. The molecule has 150 valence electrons. The van der Waals surface area contributed by atoms with E-state index < -0.39 is 23.9 Å². The van der Waals surface area contributed by atoms with E-state index in [0.717, 1.165) is 6.07 Å². The number of fused-ring (bicyclic) bond motifs is 1. The van der Waals surface area contributed by atoms with Gasteiger partial charge in [0.1, 0.15) is 24.0 Å². The van der Waals surface area contributed by atoms with Crippen LogP contribution in [0.2, 0.25) is 0 Å². The Morgan fingerprint density at radius 2 is 2.10 bits per heavy atom. The average Bonchev–Trinajstić information content (AvgIpc) is 2.71. The molecule has 0 saturated heterocycles. The van der Waals surface area contributed by atoms with Crippen LogP contribution in [0.4, 0.5) is 0 Å². The molecule has 29 heavy (non-hydrogen) atoms. The first kappa shape index (κ1) is 19.8. The van der Waals surface area contributed by atoms with Gasteiger partial charge in [-0.1, -0.05) is 6.07 Å². The molecule has 0 saturated carbocycles. The van der Waals surface area contributed by atoms with Gasteiger partial charge in [0.05, 0.1) is 13.0 Å². The molecular weight excluding hydrogens is 382 g/mol. The normalized spacial score (nSPS) is 15.1. The lowest BCUT2D eigenvalue weighted by molar-refractivity contribution is -0.119. The number of nitriles is 1. The summed E-state index contributed by atoms with van der Waals surface area (Å²) in [6.45, 7) is -0.861. The molecule has 3 rings (SSSR count). The fraction of sp³-hybridized carbons (Fsp3) is 0.211. The predicted molar refractivity (Wildman–Crippen MR) is 97.9 cm³/mol. The lowest BCUT2D eigenvalue weighted by Crippen LogP contribution is -2.25. The second kappa shape index (κ2) is 7.95. The molecule has 1 aromatic heterocycles. The highest BCUT2D eigenvalue weighted by molar-refractivity contribution is 5.75. The number of primary amides is 1. The fourth-order valence-corrected chi connectivity index (χ4v) is 2.93. The van der Waals surface area contributed by atoms with Gasteiger partial charge in [-0.15, -0.1) is 0 Å². The van der Waals surface area contributed by atoms with Gasteiger partial charge in [-0.2, -0.15) is 5.26 Å². The maximum Gasteiger partial charge on any atom is 0.255 e. The molecule has 1 aliphatic heterocycles. The Kier molecular flexibility index (Phi) is 5.43. The van der Waals surface area contributed by atoms with Crippen LogP contribution in [0.15, 0.2) is 44.9 Å². The number of methoxy groups -OCH3 is 1. The summed E-state index contributed by atoms with van der Waals surface area (Å²) in [6, 6.07) is 7.71. The first-order valence-electron chi connectivity index (χ1n) is 8.34. The van der Waals surface area contributed by atoms with Crippen molar-refractivity contribution in [3.8, 4) is 23.3 Å². The third kappa shape index (κ3) is 3.71. The van der Waals surface area contributed by atoms with E-state index >= 15 is 0 Å². The summed E-state index contributed by atoms with van der Waals surface area (Å²) in [5.74, 6) is -1.40. The van der Waals surface area contributed by atoms with Gasteiger partial charge >= 0.3 is 0 Å². The third-order valence-electron chi connectivity index (χ3n) is 4.18. The molecule has 0 fully saturated rings. The Morgan fingerprint density at radius 3 is 2.72 bits per heavy atom. The van der Waals surface area contributed by atoms with Gasteiger partial charge in [0, 0.05) is 6.07 Å². The summed E-state index contributed by atoms with van der Waals surface area (Å²) in [6.07, 6.45) is 0. The van der Waals surface area contributed by atoms with E-state index in [2.05, 4.69) is 0 Å². The van der Waals surface area contributed by atoms with Crippen LogP contribution in [0.5, 0.6) is 17.2 Å². The number of carbonyl (C=O) groups is 1. The van der Waals surface area contributed by atoms with Crippen LogP contribution in [0, 0.1) is 11.3 Å². The number of benzene rings is 1. The number of ether oxygens (including phenoxy) is 3. The Morgan fingerprint density at radius 1 is 1.34 bits per heavy atom. The molecule has 1 aliphatic rings. The van der Waals surface area contributed by atoms with Crippen molar-refractivity contribution in [1.29, 1.82) is 5.26 Å². The van der Waals surface area contributed by atoms with Gasteiger partial charge in [0.25, 0.3) is 5.91 Å². The summed E-state index contributed by atoms with van der Waals surface area (Å²) in [5, 5.41) is 19.0. The number of hydrogen-bond donors (Lipinski definition) is 3. The zero-order valence-electron chi connectivity index (χ0n) is 15.3. The molecule has 1 amide bonds. The van der Waals surface area contributed by atoms with Crippen molar-refractivity contribution in [1.82, 2.24) is 0 Å². The minimum atomic E-state index is -0.887. The third-order valence-corrected chi connectivity index (χ3v) is 4.18. The SMILES string of the molecule is COc1cc(C2C(C#N)=C(N)Oc3c2oc(CO)cc3=O)ccc1OCC(N)=O. The van der Waals surface area contributed by atoms with E-state index in [9.17, 15) is 20.0 Å². The summed E-state index contributed by atoms with van der Waals surface area (Å²) >= 11 is 0. The maximum atomic E-state index is 12.3. The second-order valence-corrected chi connectivity index (χ2v) is 6.02. The van der Waals surface area contributed by atoms with Crippen LogP contribution in [-0.2, 0) is 11.4 Å². The first-order valence-corrected chi connectivity index (χ1v) is 8.34. The summed E-state index contributed by atoms with van der Waals surface area (Å²) < 4.78 is 21.5. The molecule has 1 atom stereocenters. The number of nitrogens with two attached hydrogens (primary N) is 2. The van der Waals surface area contributed by atoms with Gasteiger partial charge in [0.15, 0.2) is 23.9 Å². The van der Waals surface area contributed by atoms with Crippen LogP contribution in [0.25, 0.3) is 0 Å². The van der Waals surface area contributed by atoms with Crippen molar-refractivity contribution < 1.29 is 28.5 Å². The van der Waals surface area contributed by atoms with Crippen LogP contribution in [-0.4, -0.2) is 24.7 Å². The smallest absolute Gasteiger partial charge is 0.255 e. The van der Waals surface area contributed by atoms with Crippen LogP contribution < -0.4 is 31.1 Å². The number of hydrogen-bond acceptors (Lipinski definition) is 9. The number of amides is 1. The molecule has 0 bridgehead atoms. The lowest BCUT2D eigenvalue weighted by Gasteiger charge is -2.25. The molecule has 1 aromatic carbocycles. The summed E-state index contributed by atoms with van der Waals surface area (Å²) in [7, 11) is 1.40. The minimum absolute atomic E-state index is 0.00786. The van der Waals surface area contributed by atoms with E-state index in [1.807, 2.05) is 6.07 Å². The van der Waals surface area contributed by atoms with Crippen molar-refractivity contribution in [2.24, 2.45) is 11.5 Å². The minimum Gasteiger partial charge on any atom is -0.493 e. The number of aliphatic hydroxyl groups excluding tert-OH is 1. The van der Waals surface area contributed by atoms with Crippen LogP contribution in [0.1, 0.15) is 23.0 Å². The van der Waals surface area contributed by atoms with Crippen molar-refractivity contribution >= 4 is 5.91 Å². The molecule has 2 aromatic rings. The molecule has 5 N–H and O–H groups in total. The zero-order valence-corrected chi connectivity index (χ0v) is 15.3. The summed E-state index contributed by atoms with van der Waals surface area (Å²) in [5.41, 5.74) is 10.9. The second-order valence-electron chi connectivity index (χ2n) is 6.02. The molecule has 10 nitrogen and oxygen atoms in total. The standard InChI is InChI=1S/C19H17N3O7/c1-26-14-4-9(2-3-13(14)27-8-15(21)25)16-11(6-20)19(22)29-17-12(24)5-10(7-23)28-18(16)17/h2-5,16,23H,7-8,22H2,1H3,(H2,21,25). The zero-order chi connectivity index (χ0) is 21.1. The number of aliphatic hydroxyl groups is 1. The van der Waals surface area contributed by atoms with E-state index in [0.29, 0.717) is 5.56 Å². The highest BCUT2D eigenvalue weighted by Gasteiger charge is 2.35. The van der Waals surface area contributed by atoms with E-state index in [1.165, 1.54) is 13.2 Å². The molecule has 0 spiro atoms. The van der Waals surface area contributed by atoms with E-state index in [1.54, 1.807) is 12.1 Å². The Balaban J connectivity index is 2.16. The van der Waals surface area contributed by atoms with Crippen molar-refractivity contribution in [2.75, 3.05) is 13.7 Å². The van der Waals surface area contributed by atoms with Gasteiger partial charge in [-0.05, 0) is 17.7 Å². The Bertz CT molecular complexity index is 1100. The van der Waals surface area contributed by atoms with E-state index in [4.69, 9.17) is 30.1 Å². The fourth-order valence-electron chi connectivity index (χ4n) is 2.93. The van der Waals surface area contributed by atoms with Crippen LogP contribution >= 0.6 is 0 Å². The lowest BCUT2D eigenvalue weighted by atomic mass is 9.87. The largest absolute Gasteiger partial charge is 0.493 e. The number of rotatable bonds is 6. The van der Waals surface area contributed by atoms with Crippen LogP contribution in [0.3, 0.4) is 0 Å². The number of nitrogens with zero attached hydrogens (tertiary/aromatic N) is 1. The van der Waals surface area contributed by atoms with Gasteiger partial charge < -0.3 is 35.2 Å². The van der Waals surface area contributed by atoms with Crippen molar-refractivity contribution in [3.05, 3.63) is 63.0 Å². The highest BCUT2D eigenvalue weighted by atomic mass is 16.5. The summed E-state index contributed by atoms with van der Waals surface area (Å²) in [4.78, 5) is 23.3. The quantitative estimate of drug-likeness (QED) is 0.614. The Labute approximate surface area is 164 Å². The van der Waals surface area contributed by atoms with Gasteiger partial charge in [0.2, 0.25) is 17.1 Å². The topological polar surface area (TPSA) is 171 Å². The Hall–Kier alpha value is -3.97. The number of allylic oxidation sites excluding steroid dienone is 1. The highest BCUT2D eigenvalue weighted by Crippen LogP contribution is 2.43. The molecular formula is C19H17N3O7. The van der Waals surface area contributed by atoms with Crippen molar-refractivity contribution in [3.63, 3.8) is 0 Å². The van der Waals surface area contributed by atoms with Gasteiger partial charge in [-0.3, -0.25) is 9.59 Å². The molecule has 2 heterocycles.